The van der Waals surface area contributed by atoms with Crippen molar-refractivity contribution in [2.45, 2.75) is 43.6 Å². The SMILES string of the molecule is CC1CCN(S(=O)(=O)c2cccc(-c3nn(-c4ccccc4)cc3C=C(C#N)C(=O)NCC3CCCO3)c2)CC1. The number of hydrogen-bond donors (Lipinski definition) is 1. The summed E-state index contributed by atoms with van der Waals surface area (Å²) in [5.41, 5.74) is 2.28. The molecule has 9 nitrogen and oxygen atoms in total. The third-order valence-electron chi connectivity index (χ3n) is 7.43. The Morgan fingerprint density at radius 2 is 1.93 bits per heavy atom. The van der Waals surface area contributed by atoms with Crippen molar-refractivity contribution in [3.63, 3.8) is 0 Å². The largest absolute Gasteiger partial charge is 0.376 e. The van der Waals surface area contributed by atoms with Crippen LogP contribution in [-0.4, -0.2) is 60.8 Å². The molecule has 2 fully saturated rings. The molecular weight excluding hydrogens is 526 g/mol. The molecule has 0 aliphatic carbocycles. The summed E-state index contributed by atoms with van der Waals surface area (Å²) in [6.45, 7) is 4.15. The number of amides is 1. The van der Waals surface area contributed by atoms with E-state index in [-0.39, 0.29) is 16.6 Å². The van der Waals surface area contributed by atoms with E-state index in [0.29, 0.717) is 49.0 Å². The van der Waals surface area contributed by atoms with Gasteiger partial charge in [-0.2, -0.15) is 14.7 Å². The van der Waals surface area contributed by atoms with Crippen molar-refractivity contribution in [2.75, 3.05) is 26.2 Å². The highest BCUT2D eigenvalue weighted by Gasteiger charge is 2.28. The molecule has 40 heavy (non-hydrogen) atoms. The molecule has 1 N–H and O–H groups in total. The van der Waals surface area contributed by atoms with Gasteiger partial charge in [0.25, 0.3) is 5.91 Å². The summed E-state index contributed by atoms with van der Waals surface area (Å²) in [6.07, 6.45) is 6.68. The minimum absolute atomic E-state index is 0.0481. The van der Waals surface area contributed by atoms with E-state index in [9.17, 15) is 18.5 Å². The lowest BCUT2D eigenvalue weighted by molar-refractivity contribution is -0.117. The molecule has 2 aliphatic heterocycles. The molecule has 1 amide bonds. The van der Waals surface area contributed by atoms with Crippen LogP contribution in [-0.2, 0) is 19.6 Å². The first-order valence-corrected chi connectivity index (χ1v) is 15.1. The second kappa shape index (κ2) is 12.2. The van der Waals surface area contributed by atoms with Gasteiger partial charge in [0.2, 0.25) is 10.0 Å². The fraction of sp³-hybridized carbons (Fsp3) is 0.367. The summed E-state index contributed by atoms with van der Waals surface area (Å²) < 4.78 is 35.7. The molecule has 0 bridgehead atoms. The first kappa shape index (κ1) is 27.8. The van der Waals surface area contributed by atoms with E-state index in [0.717, 1.165) is 31.4 Å². The van der Waals surface area contributed by atoms with E-state index in [1.165, 1.54) is 6.08 Å². The van der Waals surface area contributed by atoms with E-state index < -0.39 is 15.9 Å². The van der Waals surface area contributed by atoms with Gasteiger partial charge in [0, 0.05) is 43.6 Å². The molecule has 0 spiro atoms. The van der Waals surface area contributed by atoms with Crippen LogP contribution in [0.2, 0.25) is 0 Å². The Labute approximate surface area is 235 Å². The number of para-hydroxylation sites is 1. The first-order chi connectivity index (χ1) is 19.3. The molecule has 10 heteroatoms. The number of sulfonamides is 1. The second-order valence-corrected chi connectivity index (χ2v) is 12.3. The molecule has 5 rings (SSSR count). The predicted molar refractivity (Wildman–Crippen MR) is 152 cm³/mol. The van der Waals surface area contributed by atoms with Crippen LogP contribution < -0.4 is 5.32 Å². The van der Waals surface area contributed by atoms with Crippen LogP contribution in [0.25, 0.3) is 23.0 Å². The van der Waals surface area contributed by atoms with E-state index in [2.05, 4.69) is 12.2 Å². The van der Waals surface area contributed by atoms with Gasteiger partial charge in [0.05, 0.1) is 16.7 Å². The molecule has 208 valence electrons. The van der Waals surface area contributed by atoms with E-state index >= 15 is 0 Å². The molecule has 3 heterocycles. The quantitative estimate of drug-likeness (QED) is 0.327. The maximum absolute atomic E-state index is 13.5. The van der Waals surface area contributed by atoms with Gasteiger partial charge in [-0.3, -0.25) is 4.79 Å². The lowest BCUT2D eigenvalue weighted by Crippen LogP contribution is -2.37. The number of ether oxygens (including phenoxy) is 1. The van der Waals surface area contributed by atoms with Crippen molar-refractivity contribution >= 4 is 22.0 Å². The van der Waals surface area contributed by atoms with Crippen LogP contribution in [0.5, 0.6) is 0 Å². The maximum atomic E-state index is 13.5. The topological polar surface area (TPSA) is 117 Å². The van der Waals surface area contributed by atoms with Gasteiger partial charge in [-0.25, -0.2) is 13.1 Å². The van der Waals surface area contributed by atoms with Gasteiger partial charge in [-0.05, 0) is 61.9 Å². The van der Waals surface area contributed by atoms with Gasteiger partial charge >= 0.3 is 0 Å². The summed E-state index contributed by atoms with van der Waals surface area (Å²) in [7, 11) is -3.68. The van der Waals surface area contributed by atoms with E-state index in [4.69, 9.17) is 9.84 Å². The monoisotopic (exact) mass is 559 g/mol. The Hall–Kier alpha value is -3.78. The molecular formula is C30H33N5O4S. The molecule has 1 atom stereocenters. The fourth-order valence-electron chi connectivity index (χ4n) is 5.02. The highest BCUT2D eigenvalue weighted by atomic mass is 32.2. The number of piperidine rings is 1. The smallest absolute Gasteiger partial charge is 0.262 e. The van der Waals surface area contributed by atoms with Gasteiger partial charge < -0.3 is 10.1 Å². The summed E-state index contributed by atoms with van der Waals surface area (Å²) in [6, 6.07) is 18.2. The van der Waals surface area contributed by atoms with Gasteiger partial charge in [-0.15, -0.1) is 0 Å². The van der Waals surface area contributed by atoms with Crippen LogP contribution in [0.4, 0.5) is 0 Å². The number of nitrogens with zero attached hydrogens (tertiary/aromatic N) is 4. The molecule has 3 aromatic rings. The lowest BCUT2D eigenvalue weighted by atomic mass is 10.0. The minimum Gasteiger partial charge on any atom is -0.376 e. The molecule has 1 aromatic heterocycles. The molecule has 0 saturated carbocycles. The average molecular weight is 560 g/mol. The fourth-order valence-corrected chi connectivity index (χ4v) is 6.54. The number of benzene rings is 2. The van der Waals surface area contributed by atoms with Crippen molar-refractivity contribution in [1.29, 1.82) is 5.26 Å². The minimum atomic E-state index is -3.68. The number of aromatic nitrogens is 2. The van der Waals surface area contributed by atoms with E-state index in [1.54, 1.807) is 39.4 Å². The zero-order chi connectivity index (χ0) is 28.1. The van der Waals surface area contributed by atoms with Crippen molar-refractivity contribution in [3.05, 3.63) is 71.9 Å². The second-order valence-electron chi connectivity index (χ2n) is 10.3. The Kier molecular flexibility index (Phi) is 8.45. The van der Waals surface area contributed by atoms with Crippen molar-refractivity contribution in [3.8, 4) is 23.0 Å². The highest BCUT2D eigenvalue weighted by Crippen LogP contribution is 2.30. The molecule has 1 unspecified atom stereocenters. The van der Waals surface area contributed by atoms with Crippen molar-refractivity contribution in [2.24, 2.45) is 5.92 Å². The summed E-state index contributed by atoms with van der Waals surface area (Å²) in [4.78, 5) is 13.1. The maximum Gasteiger partial charge on any atom is 0.262 e. The Morgan fingerprint density at radius 1 is 1.15 bits per heavy atom. The van der Waals surface area contributed by atoms with Gasteiger partial charge in [0.15, 0.2) is 0 Å². The average Bonchev–Trinajstić information content (AvgIpc) is 3.66. The number of nitriles is 1. The Balaban J connectivity index is 1.50. The lowest BCUT2D eigenvalue weighted by Gasteiger charge is -2.29. The third-order valence-corrected chi connectivity index (χ3v) is 9.32. The van der Waals surface area contributed by atoms with Crippen LogP contribution in [0.15, 0.2) is 71.3 Å². The van der Waals surface area contributed by atoms with Crippen LogP contribution >= 0.6 is 0 Å². The van der Waals surface area contributed by atoms with Gasteiger partial charge in [-0.1, -0.05) is 37.3 Å². The first-order valence-electron chi connectivity index (χ1n) is 13.6. The van der Waals surface area contributed by atoms with Crippen LogP contribution in [0, 0.1) is 17.2 Å². The highest BCUT2D eigenvalue weighted by molar-refractivity contribution is 7.89. The van der Waals surface area contributed by atoms with Crippen molar-refractivity contribution in [1.82, 2.24) is 19.4 Å². The number of carbonyl (C=O) groups is 1. The zero-order valence-electron chi connectivity index (χ0n) is 22.5. The standard InChI is InChI=1S/C30H33N5O4S/c1-22-12-14-34(15-13-22)40(37,38)28-11-5-7-23(18-28)29-25(21-35(33-29)26-8-3-2-4-9-26)17-24(19-31)30(36)32-20-27-10-6-16-39-27/h2-5,7-9,11,17-18,21-22,27H,6,10,12-16,20H2,1H3,(H,32,36). The number of nitrogens with one attached hydrogen (secondary N) is 1. The third kappa shape index (κ3) is 6.17. The Morgan fingerprint density at radius 3 is 2.62 bits per heavy atom. The predicted octanol–water partition coefficient (Wildman–Crippen LogP) is 4.16. The van der Waals surface area contributed by atoms with Crippen molar-refractivity contribution < 1.29 is 17.9 Å². The summed E-state index contributed by atoms with van der Waals surface area (Å²) >= 11 is 0. The van der Waals surface area contributed by atoms with Crippen LogP contribution in [0.3, 0.4) is 0 Å². The normalized spacial score (nSPS) is 18.9. The molecule has 2 aliphatic rings. The number of hydrogen-bond acceptors (Lipinski definition) is 6. The van der Waals surface area contributed by atoms with E-state index in [1.807, 2.05) is 36.4 Å². The molecule has 2 aromatic carbocycles. The summed E-state index contributed by atoms with van der Waals surface area (Å²) in [5.74, 6) is 0.0124. The number of rotatable bonds is 8. The van der Waals surface area contributed by atoms with Gasteiger partial charge in [0.1, 0.15) is 17.3 Å². The molecule has 2 saturated heterocycles. The zero-order valence-corrected chi connectivity index (χ0v) is 23.3. The Bertz CT molecular complexity index is 1530. The van der Waals surface area contributed by atoms with Crippen LogP contribution in [0.1, 0.15) is 38.2 Å². The number of carbonyl (C=O) groups excluding carboxylic acids is 1. The summed E-state index contributed by atoms with van der Waals surface area (Å²) in [5, 5.41) is 17.4. The molecule has 0 radical (unpaired) electrons.